The van der Waals surface area contributed by atoms with Gasteiger partial charge < -0.3 is 0 Å². The molecule has 3 heteroatoms. The summed E-state index contributed by atoms with van der Waals surface area (Å²) < 4.78 is 0. The van der Waals surface area contributed by atoms with Gasteiger partial charge in [0.05, 0.1) is 10.3 Å². The van der Waals surface area contributed by atoms with Crippen LogP contribution in [0.15, 0.2) is 24.3 Å². The molecule has 0 spiro atoms. The van der Waals surface area contributed by atoms with Crippen LogP contribution in [0.5, 0.6) is 0 Å². The highest BCUT2D eigenvalue weighted by Gasteiger charge is 2.33. The van der Waals surface area contributed by atoms with E-state index in [1.807, 2.05) is 12.2 Å². The van der Waals surface area contributed by atoms with Crippen molar-refractivity contribution in [2.24, 2.45) is 0 Å². The standard InChI is InChI=1S/C9H10Cl2O/c1-7(12)6-9(11)5-3-2-4-8(9)10/h2-5,8H,6H2,1H3. The van der Waals surface area contributed by atoms with Gasteiger partial charge in [-0.2, -0.15) is 0 Å². The molecule has 0 aromatic rings. The Morgan fingerprint density at radius 3 is 2.75 bits per heavy atom. The SMILES string of the molecule is CC(=O)CC1(Cl)C=CC=CC1Cl. The number of hydrogen-bond donors (Lipinski definition) is 0. The zero-order valence-corrected chi connectivity index (χ0v) is 8.27. The topological polar surface area (TPSA) is 17.1 Å². The van der Waals surface area contributed by atoms with Crippen molar-refractivity contribution in [1.82, 2.24) is 0 Å². The molecule has 2 unspecified atom stereocenters. The van der Waals surface area contributed by atoms with Crippen LogP contribution in [0.3, 0.4) is 0 Å². The molecule has 0 N–H and O–H groups in total. The second kappa shape index (κ2) is 3.63. The van der Waals surface area contributed by atoms with Gasteiger partial charge in [-0.15, -0.1) is 23.2 Å². The molecule has 1 aliphatic carbocycles. The second-order valence-electron chi connectivity index (χ2n) is 2.95. The van der Waals surface area contributed by atoms with E-state index in [4.69, 9.17) is 23.2 Å². The number of rotatable bonds is 2. The Hall–Kier alpha value is -0.270. The van der Waals surface area contributed by atoms with Crippen molar-refractivity contribution < 1.29 is 4.79 Å². The molecule has 2 atom stereocenters. The molecular formula is C9H10Cl2O. The third kappa shape index (κ3) is 2.11. The highest BCUT2D eigenvalue weighted by Crippen LogP contribution is 2.33. The Labute approximate surface area is 82.0 Å². The van der Waals surface area contributed by atoms with E-state index in [0.29, 0.717) is 0 Å². The maximum Gasteiger partial charge on any atom is 0.131 e. The first kappa shape index (κ1) is 9.82. The van der Waals surface area contributed by atoms with Crippen LogP contribution in [0.4, 0.5) is 0 Å². The van der Waals surface area contributed by atoms with Crippen LogP contribution in [0.2, 0.25) is 0 Å². The van der Waals surface area contributed by atoms with Crippen molar-refractivity contribution >= 4 is 29.0 Å². The van der Waals surface area contributed by atoms with Crippen molar-refractivity contribution in [3.8, 4) is 0 Å². The molecule has 0 aliphatic heterocycles. The molecule has 0 fully saturated rings. The monoisotopic (exact) mass is 204 g/mol. The van der Waals surface area contributed by atoms with Gasteiger partial charge in [-0.05, 0) is 6.92 Å². The Morgan fingerprint density at radius 2 is 2.25 bits per heavy atom. The molecule has 0 radical (unpaired) electrons. The summed E-state index contributed by atoms with van der Waals surface area (Å²) in [4.78, 5) is 10.1. The number of allylic oxidation sites excluding steroid dienone is 4. The molecule has 0 amide bonds. The van der Waals surface area contributed by atoms with Crippen molar-refractivity contribution in [3.63, 3.8) is 0 Å². The van der Waals surface area contributed by atoms with Gasteiger partial charge >= 0.3 is 0 Å². The highest BCUT2D eigenvalue weighted by atomic mass is 35.5. The van der Waals surface area contributed by atoms with Crippen LogP contribution < -0.4 is 0 Å². The molecule has 0 bridgehead atoms. The number of ketones is 1. The summed E-state index contributed by atoms with van der Waals surface area (Å²) in [6, 6.07) is 0. The maximum absolute atomic E-state index is 10.9. The molecule has 66 valence electrons. The number of hydrogen-bond acceptors (Lipinski definition) is 1. The van der Waals surface area contributed by atoms with Crippen LogP contribution in [-0.4, -0.2) is 16.0 Å². The van der Waals surface area contributed by atoms with Gasteiger partial charge in [0.2, 0.25) is 0 Å². The zero-order chi connectivity index (χ0) is 9.19. The molecule has 0 saturated heterocycles. The predicted molar refractivity (Wildman–Crippen MR) is 51.8 cm³/mol. The third-order valence-corrected chi connectivity index (χ3v) is 2.88. The molecule has 1 nitrogen and oxygen atoms in total. The lowest BCUT2D eigenvalue weighted by molar-refractivity contribution is -0.117. The molecule has 0 heterocycles. The predicted octanol–water partition coefficient (Wildman–Crippen LogP) is 2.68. The van der Waals surface area contributed by atoms with Crippen molar-refractivity contribution in [2.45, 2.75) is 23.6 Å². The van der Waals surface area contributed by atoms with Crippen molar-refractivity contribution in [2.75, 3.05) is 0 Å². The largest absolute Gasteiger partial charge is 0.300 e. The van der Waals surface area contributed by atoms with Crippen LogP contribution in [-0.2, 0) is 4.79 Å². The first-order chi connectivity index (χ1) is 5.54. The van der Waals surface area contributed by atoms with Gasteiger partial charge in [-0.3, -0.25) is 4.79 Å². The van der Waals surface area contributed by atoms with Crippen molar-refractivity contribution in [1.29, 1.82) is 0 Å². The van der Waals surface area contributed by atoms with Crippen molar-refractivity contribution in [3.05, 3.63) is 24.3 Å². The molecule has 1 aliphatic rings. The number of Topliss-reactive ketones (excluding diaryl/α,β-unsaturated/α-hetero) is 1. The lowest BCUT2D eigenvalue weighted by Crippen LogP contribution is -2.32. The molecule has 0 aromatic heterocycles. The smallest absolute Gasteiger partial charge is 0.131 e. The van der Waals surface area contributed by atoms with Gasteiger partial charge in [0, 0.05) is 6.42 Å². The van der Waals surface area contributed by atoms with E-state index in [1.54, 1.807) is 12.2 Å². The van der Waals surface area contributed by atoms with Gasteiger partial charge in [-0.25, -0.2) is 0 Å². The summed E-state index contributed by atoms with van der Waals surface area (Å²) in [5, 5.41) is -0.298. The first-order valence-corrected chi connectivity index (χ1v) is 4.54. The Bertz CT molecular complexity index is 245. The van der Waals surface area contributed by atoms with E-state index in [-0.39, 0.29) is 17.6 Å². The number of alkyl halides is 2. The van der Waals surface area contributed by atoms with E-state index in [0.717, 1.165) is 0 Å². The van der Waals surface area contributed by atoms with Gasteiger partial charge in [0.1, 0.15) is 5.78 Å². The van der Waals surface area contributed by atoms with Crippen LogP contribution in [0, 0.1) is 0 Å². The fraction of sp³-hybridized carbons (Fsp3) is 0.444. The lowest BCUT2D eigenvalue weighted by atomic mass is 9.94. The van der Waals surface area contributed by atoms with E-state index >= 15 is 0 Å². The normalized spacial score (nSPS) is 33.8. The molecule has 0 aromatic carbocycles. The lowest BCUT2D eigenvalue weighted by Gasteiger charge is -2.27. The molecule has 1 rings (SSSR count). The zero-order valence-electron chi connectivity index (χ0n) is 6.76. The van der Waals surface area contributed by atoms with E-state index in [2.05, 4.69) is 0 Å². The van der Waals surface area contributed by atoms with Crippen LogP contribution in [0.25, 0.3) is 0 Å². The number of halogens is 2. The molecule has 0 saturated carbocycles. The van der Waals surface area contributed by atoms with Crippen LogP contribution >= 0.6 is 23.2 Å². The fourth-order valence-electron chi connectivity index (χ4n) is 1.17. The summed E-state index contributed by atoms with van der Waals surface area (Å²) in [6.45, 7) is 1.51. The Kier molecular flexibility index (Phi) is 2.97. The first-order valence-electron chi connectivity index (χ1n) is 3.73. The van der Waals surface area contributed by atoms with Gasteiger partial charge in [0.25, 0.3) is 0 Å². The minimum atomic E-state index is -0.720. The average molecular weight is 205 g/mol. The molecular weight excluding hydrogens is 195 g/mol. The summed E-state index contributed by atoms with van der Waals surface area (Å²) in [6.07, 6.45) is 7.49. The van der Waals surface area contributed by atoms with E-state index in [1.165, 1.54) is 6.92 Å². The van der Waals surface area contributed by atoms with Crippen LogP contribution in [0.1, 0.15) is 13.3 Å². The third-order valence-electron chi connectivity index (χ3n) is 1.74. The summed E-state index contributed by atoms with van der Waals surface area (Å²) in [5.74, 6) is 0.0515. The average Bonchev–Trinajstić information content (AvgIpc) is 1.94. The quantitative estimate of drug-likeness (QED) is 0.633. The summed E-state index contributed by atoms with van der Waals surface area (Å²) in [5.41, 5.74) is 0. The van der Waals surface area contributed by atoms with Gasteiger partial charge in [0.15, 0.2) is 0 Å². The minimum absolute atomic E-state index is 0.0515. The molecule has 12 heavy (non-hydrogen) atoms. The summed E-state index contributed by atoms with van der Waals surface area (Å²) >= 11 is 12.1. The minimum Gasteiger partial charge on any atom is -0.300 e. The Balaban J connectivity index is 2.76. The Morgan fingerprint density at radius 1 is 1.58 bits per heavy atom. The van der Waals surface area contributed by atoms with E-state index < -0.39 is 4.87 Å². The second-order valence-corrected chi connectivity index (χ2v) is 4.13. The van der Waals surface area contributed by atoms with Gasteiger partial charge in [-0.1, -0.05) is 24.3 Å². The fourth-order valence-corrected chi connectivity index (χ4v) is 1.73. The maximum atomic E-state index is 10.9. The summed E-state index contributed by atoms with van der Waals surface area (Å²) in [7, 11) is 0. The number of carbonyl (C=O) groups is 1. The highest BCUT2D eigenvalue weighted by molar-refractivity contribution is 6.35. The van der Waals surface area contributed by atoms with E-state index in [9.17, 15) is 4.79 Å². The number of carbonyl (C=O) groups excluding carboxylic acids is 1.